The SMILES string of the molecule is CC(=O)O[C@H]1C(=O)[C@@]2(C)[C@H]([C@H](OC(=O)c3ccccc3)[C@]3(O)C[C@H](OC(=O)[C@H](OC(=O)OC(C)C)[C@@H](N)c4ccccc4)C(C)=C1C3(C)C)[C@]1(OC(C)=O)CO[C@@H]1C[C@@H]2O. The molecule has 2 aromatic carbocycles. The highest BCUT2D eigenvalue weighted by Gasteiger charge is 2.78. The molecule has 0 aromatic heterocycles. The summed E-state index contributed by atoms with van der Waals surface area (Å²) < 4.78 is 41.0. The second kappa shape index (κ2) is 16.4. The summed E-state index contributed by atoms with van der Waals surface area (Å²) in [6.45, 7) is 11.1. The van der Waals surface area contributed by atoms with Crippen molar-refractivity contribution in [1.29, 1.82) is 0 Å². The quantitative estimate of drug-likeness (QED) is 0.175. The lowest BCUT2D eigenvalue weighted by Gasteiger charge is -2.67. The summed E-state index contributed by atoms with van der Waals surface area (Å²) in [7, 11) is 0. The molecule has 4 N–H and O–H groups in total. The second-order valence-electron chi connectivity index (χ2n) is 17.1. The highest BCUT2D eigenvalue weighted by Crippen LogP contribution is 2.64. The molecule has 16 heteroatoms. The van der Waals surface area contributed by atoms with Crippen LogP contribution in [-0.2, 0) is 52.3 Å². The number of nitrogens with two attached hydrogens (primary N) is 1. The van der Waals surface area contributed by atoms with Gasteiger partial charge in [-0.15, -0.1) is 0 Å². The molecule has 2 bridgehead atoms. The third-order valence-corrected chi connectivity index (χ3v) is 12.7. The minimum absolute atomic E-state index is 0.000511. The van der Waals surface area contributed by atoms with Crippen molar-refractivity contribution in [3.8, 4) is 0 Å². The van der Waals surface area contributed by atoms with Gasteiger partial charge in [0.1, 0.15) is 23.9 Å². The van der Waals surface area contributed by atoms with Crippen molar-refractivity contribution in [3.63, 3.8) is 0 Å². The van der Waals surface area contributed by atoms with E-state index in [-0.39, 0.29) is 29.7 Å². The normalized spacial score (nSPS) is 32.6. The molecule has 16 nitrogen and oxygen atoms in total. The molecule has 1 saturated heterocycles. The summed E-state index contributed by atoms with van der Waals surface area (Å²) in [5.74, 6) is -6.17. The molecule has 1 aliphatic heterocycles. The van der Waals surface area contributed by atoms with Crippen molar-refractivity contribution in [3.05, 3.63) is 82.9 Å². The van der Waals surface area contributed by atoms with E-state index in [0.29, 0.717) is 5.56 Å². The van der Waals surface area contributed by atoms with Crippen LogP contribution in [0.15, 0.2) is 71.8 Å². The van der Waals surface area contributed by atoms with Gasteiger partial charge in [-0.3, -0.25) is 14.4 Å². The Morgan fingerprint density at radius 1 is 0.883 bits per heavy atom. The van der Waals surface area contributed by atoms with E-state index in [9.17, 15) is 34.2 Å². The molecule has 2 aromatic rings. The minimum atomic E-state index is -2.39. The summed E-state index contributed by atoms with van der Waals surface area (Å²) in [6.07, 6.45) is -12.1. The Morgan fingerprint density at radius 2 is 1.50 bits per heavy atom. The van der Waals surface area contributed by atoms with Crippen LogP contribution >= 0.6 is 0 Å². The molecular formula is C44H53NO15. The van der Waals surface area contributed by atoms with Crippen molar-refractivity contribution in [2.24, 2.45) is 22.5 Å². The van der Waals surface area contributed by atoms with E-state index in [1.807, 2.05) is 0 Å². The van der Waals surface area contributed by atoms with E-state index in [2.05, 4.69) is 0 Å². The molecule has 0 amide bonds. The molecule has 0 unspecified atom stereocenters. The lowest BCUT2D eigenvalue weighted by atomic mass is 9.44. The lowest BCUT2D eigenvalue weighted by molar-refractivity contribution is -0.346. The number of carbonyl (C=O) groups excluding carboxylic acids is 6. The van der Waals surface area contributed by atoms with Crippen molar-refractivity contribution < 1.29 is 72.1 Å². The van der Waals surface area contributed by atoms with Crippen LogP contribution in [0.5, 0.6) is 0 Å². The monoisotopic (exact) mass is 835 g/mol. The average Bonchev–Trinajstić information content (AvgIpc) is 3.17. The van der Waals surface area contributed by atoms with Gasteiger partial charge in [-0.2, -0.15) is 0 Å². The van der Waals surface area contributed by atoms with Crippen LogP contribution in [0.3, 0.4) is 0 Å². The summed E-state index contributed by atoms with van der Waals surface area (Å²) in [6, 6.07) is 14.9. The molecule has 11 atom stereocenters. The molecule has 3 aliphatic carbocycles. The van der Waals surface area contributed by atoms with Crippen molar-refractivity contribution in [2.45, 2.75) is 128 Å². The maximum Gasteiger partial charge on any atom is 0.509 e. The van der Waals surface area contributed by atoms with Gasteiger partial charge in [0.15, 0.2) is 17.5 Å². The number of benzene rings is 2. The van der Waals surface area contributed by atoms with Gasteiger partial charge in [-0.1, -0.05) is 62.4 Å². The van der Waals surface area contributed by atoms with Crippen LogP contribution < -0.4 is 5.73 Å². The molecule has 3 fully saturated rings. The summed E-state index contributed by atoms with van der Waals surface area (Å²) >= 11 is 0. The van der Waals surface area contributed by atoms with Gasteiger partial charge in [0, 0.05) is 32.1 Å². The summed E-state index contributed by atoms with van der Waals surface area (Å²) in [4.78, 5) is 82.9. The Labute approximate surface area is 347 Å². The van der Waals surface area contributed by atoms with Crippen molar-refractivity contribution >= 4 is 35.8 Å². The number of ether oxygens (including phenoxy) is 7. The highest BCUT2D eigenvalue weighted by atomic mass is 16.7. The van der Waals surface area contributed by atoms with Crippen LogP contribution in [0.25, 0.3) is 0 Å². The standard InChI is InChI=1S/C44H53NO15/c1-22(2)55-40(52)58-34(32(45)26-15-11-9-12-16-26)39(51)57-28-20-44(53)37(59-38(50)27-17-13-10-14-18-27)35-42(8,29(48)19-30-43(35,21-54-30)60-25(5)47)36(49)33(56-24(4)46)31(23(28)3)41(44,6)7/h9-18,22,28-30,32-35,37,48,53H,19-21,45H2,1-8H3/t28-,29-,30+,32-,33+,34+,35-,37-,42+,43-,44+/m0/s1. The molecular weight excluding hydrogens is 782 g/mol. The van der Waals surface area contributed by atoms with E-state index in [0.717, 1.165) is 13.8 Å². The fraction of sp³-hybridized carbons (Fsp3) is 0.545. The van der Waals surface area contributed by atoms with Crippen LogP contribution in [0.1, 0.15) is 90.2 Å². The van der Waals surface area contributed by atoms with Gasteiger partial charge >= 0.3 is 30.0 Å². The number of hydrogen-bond acceptors (Lipinski definition) is 16. The van der Waals surface area contributed by atoms with Crippen LogP contribution in [-0.4, -0.2) is 107 Å². The Kier molecular flexibility index (Phi) is 12.1. The number of Topliss-reactive ketones (excluding diaryl/α,β-unsaturated/α-hetero) is 1. The fourth-order valence-corrected chi connectivity index (χ4v) is 9.67. The lowest BCUT2D eigenvalue weighted by Crippen LogP contribution is -2.82. The highest BCUT2D eigenvalue weighted by molar-refractivity contribution is 5.95. The predicted molar refractivity (Wildman–Crippen MR) is 208 cm³/mol. The van der Waals surface area contributed by atoms with Gasteiger partial charge in [-0.25, -0.2) is 14.4 Å². The van der Waals surface area contributed by atoms with Gasteiger partial charge < -0.3 is 49.1 Å². The van der Waals surface area contributed by atoms with Gasteiger partial charge in [0.05, 0.1) is 41.8 Å². The summed E-state index contributed by atoms with van der Waals surface area (Å²) in [5.41, 5.74) is -0.671. The maximum absolute atomic E-state index is 15.5. The Balaban J connectivity index is 1.57. The first kappa shape index (κ1) is 44.4. The van der Waals surface area contributed by atoms with Gasteiger partial charge in [0.2, 0.25) is 6.10 Å². The zero-order valence-corrected chi connectivity index (χ0v) is 34.9. The van der Waals surface area contributed by atoms with E-state index in [1.165, 1.54) is 26.0 Å². The third-order valence-electron chi connectivity index (χ3n) is 12.7. The first-order valence-corrected chi connectivity index (χ1v) is 19.9. The zero-order valence-electron chi connectivity index (χ0n) is 34.9. The first-order chi connectivity index (χ1) is 28.1. The fourth-order valence-electron chi connectivity index (χ4n) is 9.67. The van der Waals surface area contributed by atoms with E-state index >= 15 is 4.79 Å². The van der Waals surface area contributed by atoms with Gasteiger partial charge in [-0.05, 0) is 56.5 Å². The maximum atomic E-state index is 15.5. The number of carbonyl (C=O) groups is 6. The number of aliphatic hydroxyl groups is 2. The summed E-state index contributed by atoms with van der Waals surface area (Å²) in [5, 5.41) is 25.7. The molecule has 6 rings (SSSR count). The molecule has 324 valence electrons. The Bertz CT molecular complexity index is 2050. The largest absolute Gasteiger partial charge is 0.509 e. The number of rotatable bonds is 10. The van der Waals surface area contributed by atoms with Gasteiger partial charge in [0.25, 0.3) is 0 Å². The molecule has 0 spiro atoms. The molecule has 4 aliphatic rings. The number of ketones is 1. The number of hydrogen-bond donors (Lipinski definition) is 3. The van der Waals surface area contributed by atoms with E-state index in [4.69, 9.17) is 38.9 Å². The zero-order chi connectivity index (χ0) is 44.1. The van der Waals surface area contributed by atoms with Crippen molar-refractivity contribution in [1.82, 2.24) is 0 Å². The Morgan fingerprint density at radius 3 is 2.05 bits per heavy atom. The second-order valence-corrected chi connectivity index (χ2v) is 17.1. The minimum Gasteiger partial charge on any atom is -0.455 e. The number of esters is 4. The van der Waals surface area contributed by atoms with Crippen LogP contribution in [0.4, 0.5) is 4.79 Å². The topological polar surface area (TPSA) is 234 Å². The van der Waals surface area contributed by atoms with E-state index < -0.39 is 119 Å². The smallest absolute Gasteiger partial charge is 0.455 e. The van der Waals surface area contributed by atoms with Crippen LogP contribution in [0, 0.1) is 16.7 Å². The number of aliphatic hydroxyl groups excluding tert-OH is 1. The average molecular weight is 836 g/mol. The third kappa shape index (κ3) is 7.47. The Hall–Kier alpha value is -5.16. The molecule has 60 heavy (non-hydrogen) atoms. The first-order valence-electron chi connectivity index (χ1n) is 19.9. The predicted octanol–water partition coefficient (Wildman–Crippen LogP) is 3.83. The van der Waals surface area contributed by atoms with Crippen molar-refractivity contribution in [2.75, 3.05) is 6.61 Å². The van der Waals surface area contributed by atoms with Crippen LogP contribution in [0.2, 0.25) is 0 Å². The molecule has 0 radical (unpaired) electrons. The number of fused-ring (bicyclic) bond motifs is 5. The molecule has 1 heterocycles. The van der Waals surface area contributed by atoms with E-state index in [1.54, 1.807) is 76.2 Å². The molecule has 2 saturated carbocycles.